The molecule has 1 saturated heterocycles. The maximum Gasteiger partial charge on any atom is 0.261 e. The van der Waals surface area contributed by atoms with Crippen molar-refractivity contribution in [2.75, 3.05) is 43.5 Å². The third-order valence-electron chi connectivity index (χ3n) is 5.21. The lowest BCUT2D eigenvalue weighted by Crippen LogP contribution is -2.49. The van der Waals surface area contributed by atoms with E-state index in [1.165, 1.54) is 7.11 Å². The third kappa shape index (κ3) is 5.98. The summed E-state index contributed by atoms with van der Waals surface area (Å²) in [6, 6.07) is 13.0. The van der Waals surface area contributed by atoms with Crippen LogP contribution in [0.3, 0.4) is 0 Å². The molecule has 0 unspecified atom stereocenters. The van der Waals surface area contributed by atoms with Crippen LogP contribution in [0.1, 0.15) is 24.2 Å². The smallest absolute Gasteiger partial charge is 0.261 e. The molecule has 2 aromatic carbocycles. The van der Waals surface area contributed by atoms with Gasteiger partial charge in [-0.15, -0.1) is 0 Å². The van der Waals surface area contributed by atoms with Crippen LogP contribution in [0.5, 0.6) is 5.75 Å². The summed E-state index contributed by atoms with van der Waals surface area (Å²) in [5, 5.41) is 5.92. The molecule has 0 radical (unpaired) electrons. The summed E-state index contributed by atoms with van der Waals surface area (Å²) in [5.74, 6) is 0.347. The Morgan fingerprint density at radius 2 is 1.72 bits per heavy atom. The van der Waals surface area contributed by atoms with Crippen LogP contribution in [0.15, 0.2) is 46.9 Å². The quantitative estimate of drug-likeness (QED) is 0.585. The minimum Gasteiger partial charge on any atom is -0.496 e. The van der Waals surface area contributed by atoms with Gasteiger partial charge in [-0.05, 0) is 54.7 Å². The molecule has 3 rings (SSSR count). The molecule has 170 valence electrons. The first-order chi connectivity index (χ1) is 15.3. The number of hydrogen-bond acceptors (Lipinski definition) is 5. The minimum atomic E-state index is -0.355. The van der Waals surface area contributed by atoms with Gasteiger partial charge in [0.1, 0.15) is 5.75 Å². The molecule has 1 heterocycles. The van der Waals surface area contributed by atoms with E-state index in [2.05, 4.69) is 31.5 Å². The topological polar surface area (TPSA) is 73.9 Å². The first kappa shape index (κ1) is 24.0. The molecular formula is C23H27BrN4O3S. The van der Waals surface area contributed by atoms with Crippen molar-refractivity contribution in [2.45, 2.75) is 13.8 Å². The second-order valence-corrected chi connectivity index (χ2v) is 9.09. The van der Waals surface area contributed by atoms with E-state index in [1.54, 1.807) is 18.2 Å². The van der Waals surface area contributed by atoms with E-state index in [-0.39, 0.29) is 22.8 Å². The highest BCUT2D eigenvalue weighted by atomic mass is 79.9. The van der Waals surface area contributed by atoms with Crippen molar-refractivity contribution in [1.82, 2.24) is 10.2 Å². The number of amides is 2. The van der Waals surface area contributed by atoms with Crippen molar-refractivity contribution in [3.05, 3.63) is 52.5 Å². The molecule has 0 bridgehead atoms. The molecular weight excluding hydrogens is 492 g/mol. The number of halogens is 1. The molecule has 1 fully saturated rings. The Bertz CT molecular complexity index is 989. The van der Waals surface area contributed by atoms with Gasteiger partial charge in [-0.3, -0.25) is 14.9 Å². The average molecular weight is 519 g/mol. The molecule has 2 amide bonds. The lowest BCUT2D eigenvalue weighted by atomic mass is 10.1. The van der Waals surface area contributed by atoms with E-state index in [9.17, 15) is 9.59 Å². The Labute approximate surface area is 202 Å². The van der Waals surface area contributed by atoms with E-state index >= 15 is 0 Å². The van der Waals surface area contributed by atoms with Crippen molar-refractivity contribution in [1.29, 1.82) is 0 Å². The van der Waals surface area contributed by atoms with Crippen LogP contribution in [0.2, 0.25) is 0 Å². The number of nitrogens with zero attached hydrogens (tertiary/aromatic N) is 2. The number of ether oxygens (including phenoxy) is 1. The van der Waals surface area contributed by atoms with Gasteiger partial charge in [0.05, 0.1) is 12.7 Å². The highest BCUT2D eigenvalue weighted by Crippen LogP contribution is 2.23. The highest BCUT2D eigenvalue weighted by molar-refractivity contribution is 9.10. The number of anilines is 2. The van der Waals surface area contributed by atoms with Crippen LogP contribution >= 0.6 is 28.1 Å². The van der Waals surface area contributed by atoms with Gasteiger partial charge in [0.25, 0.3) is 5.91 Å². The van der Waals surface area contributed by atoms with Crippen molar-refractivity contribution in [3.63, 3.8) is 0 Å². The summed E-state index contributed by atoms with van der Waals surface area (Å²) in [6.45, 7) is 6.92. The molecule has 0 spiro atoms. The Hall–Kier alpha value is -2.65. The summed E-state index contributed by atoms with van der Waals surface area (Å²) in [7, 11) is 1.51. The molecule has 0 atom stereocenters. The van der Waals surface area contributed by atoms with Crippen LogP contribution in [0.4, 0.5) is 11.4 Å². The fourth-order valence-corrected chi connectivity index (χ4v) is 4.07. The Morgan fingerprint density at radius 1 is 1.06 bits per heavy atom. The molecule has 0 saturated carbocycles. The number of carbonyl (C=O) groups is 2. The van der Waals surface area contributed by atoms with Crippen molar-refractivity contribution in [3.8, 4) is 5.75 Å². The Kier molecular flexibility index (Phi) is 8.09. The maximum absolute atomic E-state index is 12.6. The highest BCUT2D eigenvalue weighted by Gasteiger charge is 2.23. The second kappa shape index (κ2) is 10.8. The first-order valence-electron chi connectivity index (χ1n) is 10.4. The SMILES string of the molecule is COc1ccc(Br)cc1C(=O)NC(=S)Nc1ccc(N2CCN(C(=O)C(C)C)CC2)cc1. The van der Waals surface area contributed by atoms with Crippen LogP contribution in [-0.4, -0.2) is 55.1 Å². The number of methoxy groups -OCH3 is 1. The average Bonchev–Trinajstić information content (AvgIpc) is 2.79. The van der Waals surface area contributed by atoms with Gasteiger partial charge in [-0.1, -0.05) is 29.8 Å². The number of hydrogen-bond donors (Lipinski definition) is 2. The summed E-state index contributed by atoms with van der Waals surface area (Å²) >= 11 is 8.66. The van der Waals surface area contributed by atoms with E-state index in [4.69, 9.17) is 17.0 Å². The third-order valence-corrected chi connectivity index (χ3v) is 5.91. The largest absolute Gasteiger partial charge is 0.496 e. The van der Waals surface area contributed by atoms with Crippen molar-refractivity contribution in [2.24, 2.45) is 5.92 Å². The Morgan fingerprint density at radius 3 is 2.31 bits per heavy atom. The van der Waals surface area contributed by atoms with Gasteiger partial charge in [-0.2, -0.15) is 0 Å². The summed E-state index contributed by atoms with van der Waals surface area (Å²) in [4.78, 5) is 28.9. The second-order valence-electron chi connectivity index (χ2n) is 7.77. The fourth-order valence-electron chi connectivity index (χ4n) is 3.50. The summed E-state index contributed by atoms with van der Waals surface area (Å²) in [6.07, 6.45) is 0. The van der Waals surface area contributed by atoms with Crippen LogP contribution < -0.4 is 20.3 Å². The van der Waals surface area contributed by atoms with Gasteiger partial charge in [-0.25, -0.2) is 0 Å². The molecule has 1 aliphatic rings. The van der Waals surface area contributed by atoms with Gasteiger partial charge in [0.15, 0.2) is 5.11 Å². The molecule has 0 aromatic heterocycles. The standard InChI is InChI=1S/C23H27BrN4O3S/c1-15(2)22(30)28-12-10-27(11-13-28)18-7-5-17(6-8-18)25-23(32)26-21(29)19-14-16(24)4-9-20(19)31-3/h4-9,14-15H,10-13H2,1-3H3,(H2,25,26,29,32). The molecule has 7 nitrogen and oxygen atoms in total. The molecule has 2 N–H and O–H groups in total. The normalized spacial score (nSPS) is 13.7. The zero-order chi connectivity index (χ0) is 23.3. The van der Waals surface area contributed by atoms with E-state index in [1.807, 2.05) is 43.0 Å². The number of rotatable bonds is 5. The van der Waals surface area contributed by atoms with Crippen LogP contribution in [0, 0.1) is 5.92 Å². The van der Waals surface area contributed by atoms with Crippen molar-refractivity contribution < 1.29 is 14.3 Å². The van der Waals surface area contributed by atoms with Crippen LogP contribution in [0.25, 0.3) is 0 Å². The number of thiocarbonyl (C=S) groups is 1. The van der Waals surface area contributed by atoms with Gasteiger partial charge < -0.3 is 19.9 Å². The lowest BCUT2D eigenvalue weighted by molar-refractivity contribution is -0.134. The number of piperazine rings is 1. The number of benzene rings is 2. The summed E-state index contributed by atoms with van der Waals surface area (Å²) < 4.78 is 6.02. The van der Waals surface area contributed by atoms with E-state index in [0.29, 0.717) is 11.3 Å². The van der Waals surface area contributed by atoms with Gasteiger partial charge >= 0.3 is 0 Å². The predicted octanol–water partition coefficient (Wildman–Crippen LogP) is 3.89. The number of carbonyl (C=O) groups excluding carboxylic acids is 2. The predicted molar refractivity (Wildman–Crippen MR) is 134 cm³/mol. The van der Waals surface area contributed by atoms with E-state index in [0.717, 1.165) is 42.0 Å². The molecule has 2 aromatic rings. The molecule has 1 aliphatic heterocycles. The summed E-state index contributed by atoms with van der Waals surface area (Å²) in [5.41, 5.74) is 2.24. The van der Waals surface area contributed by atoms with Gasteiger partial charge in [0.2, 0.25) is 5.91 Å². The fraction of sp³-hybridized carbons (Fsp3) is 0.348. The maximum atomic E-state index is 12.6. The first-order valence-corrected chi connectivity index (χ1v) is 11.6. The van der Waals surface area contributed by atoms with Gasteiger partial charge in [0, 0.05) is 47.9 Å². The van der Waals surface area contributed by atoms with E-state index < -0.39 is 0 Å². The molecule has 32 heavy (non-hydrogen) atoms. The zero-order valence-corrected chi connectivity index (χ0v) is 20.8. The Balaban J connectivity index is 1.55. The monoisotopic (exact) mass is 518 g/mol. The number of nitrogens with one attached hydrogen (secondary N) is 2. The van der Waals surface area contributed by atoms with Crippen LogP contribution in [-0.2, 0) is 4.79 Å². The lowest BCUT2D eigenvalue weighted by Gasteiger charge is -2.37. The van der Waals surface area contributed by atoms with Crippen molar-refractivity contribution >= 4 is 56.4 Å². The molecule has 9 heteroatoms. The zero-order valence-electron chi connectivity index (χ0n) is 18.4. The molecule has 0 aliphatic carbocycles. The minimum absolute atomic E-state index is 0.0285.